The van der Waals surface area contributed by atoms with Gasteiger partial charge in [0.1, 0.15) is 0 Å². The van der Waals surface area contributed by atoms with Crippen molar-refractivity contribution >= 4 is 11.2 Å². The second kappa shape index (κ2) is 5.06. The van der Waals surface area contributed by atoms with Gasteiger partial charge in [0.25, 0.3) is 0 Å². The van der Waals surface area contributed by atoms with Crippen molar-refractivity contribution in [3.8, 4) is 11.1 Å². The molecule has 1 aromatic carbocycles. The van der Waals surface area contributed by atoms with E-state index < -0.39 is 0 Å². The molecule has 102 valence electrons. The second-order valence-electron chi connectivity index (χ2n) is 5.33. The van der Waals surface area contributed by atoms with E-state index in [1.807, 2.05) is 6.92 Å². The Bertz CT molecular complexity index is 726. The highest BCUT2D eigenvalue weighted by Crippen LogP contribution is 2.25. The highest BCUT2D eigenvalue weighted by molar-refractivity contribution is 5.79. The van der Waals surface area contributed by atoms with Gasteiger partial charge in [0.05, 0.1) is 11.8 Å². The van der Waals surface area contributed by atoms with E-state index in [1.165, 1.54) is 11.1 Å². The molecule has 0 fully saturated rings. The standard InChI is InChI=1S/C16H18N4/c1-11-14(8-15-16(19-11)18-10-17-15)13-6-4-12(5-7-13)9-20(2)3/h4-8,10H,9H2,1-3H3,(H,17,18,19). The number of nitrogens with zero attached hydrogens (tertiary/aromatic N) is 3. The zero-order valence-corrected chi connectivity index (χ0v) is 12.0. The first kappa shape index (κ1) is 12.8. The van der Waals surface area contributed by atoms with Gasteiger partial charge in [0.2, 0.25) is 0 Å². The summed E-state index contributed by atoms with van der Waals surface area (Å²) in [5, 5.41) is 0. The maximum atomic E-state index is 4.53. The molecule has 1 N–H and O–H groups in total. The molecule has 4 heteroatoms. The molecule has 0 unspecified atom stereocenters. The van der Waals surface area contributed by atoms with E-state index in [0.29, 0.717) is 0 Å². The van der Waals surface area contributed by atoms with Crippen molar-refractivity contribution < 1.29 is 0 Å². The number of benzene rings is 1. The van der Waals surface area contributed by atoms with E-state index >= 15 is 0 Å². The minimum atomic E-state index is 0.774. The molecule has 0 radical (unpaired) electrons. The third-order valence-electron chi connectivity index (χ3n) is 3.36. The molecular weight excluding hydrogens is 248 g/mol. The number of pyridine rings is 1. The minimum Gasteiger partial charge on any atom is -0.343 e. The lowest BCUT2D eigenvalue weighted by Crippen LogP contribution is -2.10. The molecule has 2 aromatic heterocycles. The van der Waals surface area contributed by atoms with Gasteiger partial charge in [-0.3, -0.25) is 0 Å². The van der Waals surface area contributed by atoms with Crippen LogP contribution in [0.2, 0.25) is 0 Å². The SMILES string of the molecule is Cc1nc2nc[nH]c2cc1-c1ccc(CN(C)C)cc1. The molecule has 3 rings (SSSR count). The van der Waals surface area contributed by atoms with Crippen molar-refractivity contribution in [3.05, 3.63) is 47.9 Å². The summed E-state index contributed by atoms with van der Waals surface area (Å²) in [6, 6.07) is 10.8. The molecule has 3 aromatic rings. The molecule has 4 nitrogen and oxygen atoms in total. The first-order valence-corrected chi connectivity index (χ1v) is 6.68. The summed E-state index contributed by atoms with van der Waals surface area (Å²) in [6.45, 7) is 2.98. The molecule has 0 bridgehead atoms. The fourth-order valence-corrected chi connectivity index (χ4v) is 2.41. The molecule has 2 heterocycles. The molecule has 0 aliphatic carbocycles. The van der Waals surface area contributed by atoms with Gasteiger partial charge in [-0.1, -0.05) is 24.3 Å². The smallest absolute Gasteiger partial charge is 0.177 e. The maximum absolute atomic E-state index is 4.53. The first-order chi connectivity index (χ1) is 9.63. The quantitative estimate of drug-likeness (QED) is 0.792. The normalized spacial score (nSPS) is 11.4. The van der Waals surface area contributed by atoms with Gasteiger partial charge in [0, 0.05) is 17.8 Å². The maximum Gasteiger partial charge on any atom is 0.177 e. The summed E-state index contributed by atoms with van der Waals surface area (Å²) in [5.74, 6) is 0. The van der Waals surface area contributed by atoms with Gasteiger partial charge in [-0.05, 0) is 38.2 Å². The van der Waals surface area contributed by atoms with E-state index in [2.05, 4.69) is 64.3 Å². The lowest BCUT2D eigenvalue weighted by Gasteiger charge is -2.11. The van der Waals surface area contributed by atoms with Gasteiger partial charge in [-0.15, -0.1) is 0 Å². The Balaban J connectivity index is 1.99. The Hall–Kier alpha value is -2.20. The predicted molar refractivity (Wildman–Crippen MR) is 81.5 cm³/mol. The van der Waals surface area contributed by atoms with Crippen LogP contribution in [0.5, 0.6) is 0 Å². The van der Waals surface area contributed by atoms with Crippen molar-refractivity contribution in [2.75, 3.05) is 14.1 Å². The number of hydrogen-bond acceptors (Lipinski definition) is 3. The molecule has 0 saturated carbocycles. The van der Waals surface area contributed by atoms with Crippen LogP contribution in [0.3, 0.4) is 0 Å². The number of fused-ring (bicyclic) bond motifs is 1. The molecule has 0 saturated heterocycles. The van der Waals surface area contributed by atoms with E-state index in [4.69, 9.17) is 0 Å². The fraction of sp³-hybridized carbons (Fsp3) is 0.250. The molecule has 0 aliphatic heterocycles. The monoisotopic (exact) mass is 266 g/mol. The molecule has 0 amide bonds. The van der Waals surface area contributed by atoms with Crippen molar-refractivity contribution in [1.82, 2.24) is 19.9 Å². The van der Waals surface area contributed by atoms with Gasteiger partial charge >= 0.3 is 0 Å². The number of aryl methyl sites for hydroxylation is 1. The molecule has 0 atom stereocenters. The van der Waals surface area contributed by atoms with Crippen molar-refractivity contribution in [2.24, 2.45) is 0 Å². The topological polar surface area (TPSA) is 44.8 Å². The summed E-state index contributed by atoms with van der Waals surface area (Å²) >= 11 is 0. The van der Waals surface area contributed by atoms with Crippen LogP contribution in [0.25, 0.3) is 22.3 Å². The Labute approximate surface area is 118 Å². The average molecular weight is 266 g/mol. The third-order valence-corrected chi connectivity index (χ3v) is 3.36. The molecule has 0 spiro atoms. The van der Waals surface area contributed by atoms with Crippen LogP contribution in [0, 0.1) is 6.92 Å². The Morgan fingerprint density at radius 2 is 1.90 bits per heavy atom. The summed E-state index contributed by atoms with van der Waals surface area (Å²) in [7, 11) is 4.16. The van der Waals surface area contributed by atoms with Gasteiger partial charge in [0.15, 0.2) is 5.65 Å². The number of nitrogens with one attached hydrogen (secondary N) is 1. The van der Waals surface area contributed by atoms with Crippen molar-refractivity contribution in [3.63, 3.8) is 0 Å². The zero-order chi connectivity index (χ0) is 14.1. The first-order valence-electron chi connectivity index (χ1n) is 6.68. The van der Waals surface area contributed by atoms with Crippen LogP contribution in [0.1, 0.15) is 11.3 Å². The van der Waals surface area contributed by atoms with E-state index in [9.17, 15) is 0 Å². The second-order valence-corrected chi connectivity index (χ2v) is 5.33. The summed E-state index contributed by atoms with van der Waals surface area (Å²) in [6.07, 6.45) is 1.68. The third kappa shape index (κ3) is 2.42. The Morgan fingerprint density at radius 1 is 1.15 bits per heavy atom. The van der Waals surface area contributed by atoms with Gasteiger partial charge in [-0.25, -0.2) is 9.97 Å². The summed E-state index contributed by atoms with van der Waals surface area (Å²) in [4.78, 5) is 14.0. The number of aromatic nitrogens is 3. The highest BCUT2D eigenvalue weighted by atomic mass is 15.0. The van der Waals surface area contributed by atoms with Crippen molar-refractivity contribution in [2.45, 2.75) is 13.5 Å². The summed E-state index contributed by atoms with van der Waals surface area (Å²) in [5.41, 5.74) is 6.41. The minimum absolute atomic E-state index is 0.774. The van der Waals surface area contributed by atoms with Crippen molar-refractivity contribution in [1.29, 1.82) is 0 Å². The van der Waals surface area contributed by atoms with Crippen LogP contribution in [0.4, 0.5) is 0 Å². The van der Waals surface area contributed by atoms with Crippen LogP contribution in [-0.2, 0) is 6.54 Å². The Morgan fingerprint density at radius 3 is 2.60 bits per heavy atom. The largest absolute Gasteiger partial charge is 0.343 e. The van der Waals surface area contributed by atoms with Crippen LogP contribution >= 0.6 is 0 Å². The van der Waals surface area contributed by atoms with Crippen LogP contribution in [0.15, 0.2) is 36.7 Å². The summed E-state index contributed by atoms with van der Waals surface area (Å²) < 4.78 is 0. The zero-order valence-electron chi connectivity index (χ0n) is 12.0. The average Bonchev–Trinajstić information content (AvgIpc) is 2.85. The van der Waals surface area contributed by atoms with E-state index in [0.717, 1.165) is 29.0 Å². The molecule has 0 aliphatic rings. The number of hydrogen-bond donors (Lipinski definition) is 1. The van der Waals surface area contributed by atoms with E-state index in [1.54, 1.807) is 6.33 Å². The van der Waals surface area contributed by atoms with Crippen LogP contribution in [-0.4, -0.2) is 33.9 Å². The number of aromatic amines is 1. The highest BCUT2D eigenvalue weighted by Gasteiger charge is 2.07. The fourth-order valence-electron chi connectivity index (χ4n) is 2.41. The lowest BCUT2D eigenvalue weighted by molar-refractivity contribution is 0.402. The Kier molecular flexibility index (Phi) is 3.24. The number of imidazole rings is 1. The lowest BCUT2D eigenvalue weighted by atomic mass is 10.0. The van der Waals surface area contributed by atoms with E-state index in [-0.39, 0.29) is 0 Å². The number of rotatable bonds is 3. The molecular formula is C16H18N4. The van der Waals surface area contributed by atoms with Gasteiger partial charge < -0.3 is 9.88 Å². The van der Waals surface area contributed by atoms with Gasteiger partial charge in [-0.2, -0.15) is 0 Å². The molecule has 20 heavy (non-hydrogen) atoms. The number of H-pyrrole nitrogens is 1. The predicted octanol–water partition coefficient (Wildman–Crippen LogP) is 2.99. The van der Waals surface area contributed by atoms with Crippen LogP contribution < -0.4 is 0 Å².